The van der Waals surface area contributed by atoms with Crippen LogP contribution in [0.2, 0.25) is 0 Å². The summed E-state index contributed by atoms with van der Waals surface area (Å²) in [5.74, 6) is -1.26. The molecule has 8 nitrogen and oxygen atoms in total. The third-order valence-corrected chi connectivity index (χ3v) is 5.71. The highest BCUT2D eigenvalue weighted by molar-refractivity contribution is 6.17. The predicted molar refractivity (Wildman–Crippen MR) is 125 cm³/mol. The van der Waals surface area contributed by atoms with Crippen molar-refractivity contribution in [3.8, 4) is 22.6 Å². The van der Waals surface area contributed by atoms with Crippen molar-refractivity contribution in [2.45, 2.75) is 13.8 Å². The van der Waals surface area contributed by atoms with E-state index in [0.29, 0.717) is 0 Å². The van der Waals surface area contributed by atoms with E-state index in [-0.39, 0.29) is 66.7 Å². The number of Topliss-reactive ketones (excluding diaryl/α,β-unsaturated/α-hetero) is 2. The predicted octanol–water partition coefficient (Wildman–Crippen LogP) is 4.54. The number of benzene rings is 3. The first-order chi connectivity index (χ1) is 16.2. The smallest absolute Gasteiger partial charge is 0.200 e. The fourth-order valence-corrected chi connectivity index (χ4v) is 4.16. The number of phenols is 2. The van der Waals surface area contributed by atoms with Crippen LogP contribution >= 0.6 is 0 Å². The lowest BCUT2D eigenvalue weighted by atomic mass is 9.88. The van der Waals surface area contributed by atoms with Gasteiger partial charge in [0.1, 0.15) is 34.5 Å². The summed E-state index contributed by atoms with van der Waals surface area (Å²) >= 11 is 0. The fourth-order valence-electron chi connectivity index (χ4n) is 4.16. The maximum Gasteiger partial charge on any atom is 0.200 e. The van der Waals surface area contributed by atoms with E-state index in [1.165, 1.54) is 56.3 Å². The molecule has 0 unspecified atom stereocenters. The topological polar surface area (TPSA) is 135 Å². The molecular formula is C26H16O8. The van der Waals surface area contributed by atoms with Crippen molar-refractivity contribution in [3.63, 3.8) is 0 Å². The highest BCUT2D eigenvalue weighted by Crippen LogP contribution is 2.35. The van der Waals surface area contributed by atoms with E-state index >= 15 is 0 Å². The van der Waals surface area contributed by atoms with Gasteiger partial charge in [0.05, 0.1) is 27.3 Å². The van der Waals surface area contributed by atoms with Gasteiger partial charge in [-0.2, -0.15) is 0 Å². The Morgan fingerprint density at radius 1 is 0.765 bits per heavy atom. The normalized spacial score (nSPS) is 11.4. The lowest BCUT2D eigenvalue weighted by molar-refractivity contribution is 0.101. The summed E-state index contributed by atoms with van der Waals surface area (Å²) in [7, 11) is 0. The third kappa shape index (κ3) is 3.07. The van der Waals surface area contributed by atoms with Crippen molar-refractivity contribution in [2.24, 2.45) is 0 Å². The number of aromatic hydroxyl groups is 2. The molecule has 0 aliphatic rings. The Morgan fingerprint density at radius 3 is 2.00 bits per heavy atom. The maximum absolute atomic E-state index is 13.4. The Morgan fingerprint density at radius 2 is 1.38 bits per heavy atom. The lowest BCUT2D eigenvalue weighted by Crippen LogP contribution is -2.14. The monoisotopic (exact) mass is 456 g/mol. The van der Waals surface area contributed by atoms with Gasteiger partial charge >= 0.3 is 0 Å². The first-order valence-corrected chi connectivity index (χ1v) is 10.2. The summed E-state index contributed by atoms with van der Waals surface area (Å²) in [6.07, 6.45) is 1.11. The Hall–Kier alpha value is -4.72. The first-order valence-electron chi connectivity index (χ1n) is 10.2. The van der Waals surface area contributed by atoms with Gasteiger partial charge in [0.2, 0.25) is 10.9 Å². The summed E-state index contributed by atoms with van der Waals surface area (Å²) in [6.45, 7) is 2.49. The molecule has 0 fully saturated rings. The van der Waals surface area contributed by atoms with Crippen LogP contribution in [-0.2, 0) is 0 Å². The molecule has 5 aromatic rings. The van der Waals surface area contributed by atoms with Crippen molar-refractivity contribution in [1.82, 2.24) is 0 Å². The Balaban J connectivity index is 2.01. The molecular weight excluding hydrogens is 440 g/mol. The van der Waals surface area contributed by atoms with Gasteiger partial charge in [-0.3, -0.25) is 19.2 Å². The quantitative estimate of drug-likeness (QED) is 0.298. The molecule has 0 radical (unpaired) electrons. The minimum Gasteiger partial charge on any atom is -0.508 e. The summed E-state index contributed by atoms with van der Waals surface area (Å²) in [4.78, 5) is 52.1. The molecule has 0 saturated heterocycles. The van der Waals surface area contributed by atoms with Gasteiger partial charge in [-0.15, -0.1) is 0 Å². The van der Waals surface area contributed by atoms with Gasteiger partial charge < -0.3 is 19.0 Å². The van der Waals surface area contributed by atoms with Crippen molar-refractivity contribution in [3.05, 3.63) is 80.3 Å². The largest absolute Gasteiger partial charge is 0.508 e. The average molecular weight is 456 g/mol. The van der Waals surface area contributed by atoms with Crippen LogP contribution in [0.15, 0.2) is 67.2 Å². The van der Waals surface area contributed by atoms with E-state index in [2.05, 4.69) is 0 Å². The second kappa shape index (κ2) is 7.41. The molecule has 0 saturated carbocycles. The zero-order chi connectivity index (χ0) is 24.3. The van der Waals surface area contributed by atoms with Gasteiger partial charge in [0.15, 0.2) is 11.6 Å². The van der Waals surface area contributed by atoms with E-state index in [4.69, 9.17) is 8.83 Å². The second-order valence-electron chi connectivity index (χ2n) is 7.93. The minimum absolute atomic E-state index is 0.00700. The van der Waals surface area contributed by atoms with E-state index in [1.807, 2.05) is 0 Å². The molecule has 0 aliphatic heterocycles. The number of phenolic OH excluding ortho intramolecular Hbond substituents is 2. The molecule has 0 atom stereocenters. The SMILES string of the molecule is CC(=O)c1cc2c(=O)c3ccc(O)cc3oc2c(C(C)=O)c1-c1coc2cc(O)ccc2c1=O. The number of ketones is 2. The minimum atomic E-state index is -0.545. The lowest BCUT2D eigenvalue weighted by Gasteiger charge is -2.15. The molecule has 2 N–H and O–H groups in total. The molecule has 34 heavy (non-hydrogen) atoms. The van der Waals surface area contributed by atoms with Crippen LogP contribution in [0.3, 0.4) is 0 Å². The molecule has 2 heterocycles. The number of carbonyl (C=O) groups is 2. The summed E-state index contributed by atoms with van der Waals surface area (Å²) < 4.78 is 11.4. The number of carbonyl (C=O) groups excluding carboxylic acids is 2. The second-order valence-corrected chi connectivity index (χ2v) is 7.93. The third-order valence-electron chi connectivity index (χ3n) is 5.71. The number of hydrogen-bond acceptors (Lipinski definition) is 8. The number of fused-ring (bicyclic) bond motifs is 3. The van der Waals surface area contributed by atoms with E-state index < -0.39 is 22.4 Å². The Labute approximate surface area is 190 Å². The highest BCUT2D eigenvalue weighted by Gasteiger charge is 2.26. The van der Waals surface area contributed by atoms with Crippen molar-refractivity contribution in [1.29, 1.82) is 0 Å². The van der Waals surface area contributed by atoms with Gasteiger partial charge in [0, 0.05) is 23.3 Å². The summed E-state index contributed by atoms with van der Waals surface area (Å²) in [5, 5.41) is 19.8. The molecule has 2 aromatic heterocycles. The molecule has 168 valence electrons. The van der Waals surface area contributed by atoms with Crippen molar-refractivity contribution in [2.75, 3.05) is 0 Å². The molecule has 8 heteroatoms. The molecule has 0 aliphatic carbocycles. The zero-order valence-electron chi connectivity index (χ0n) is 18.0. The van der Waals surface area contributed by atoms with Crippen LogP contribution in [0.4, 0.5) is 0 Å². The van der Waals surface area contributed by atoms with Gasteiger partial charge in [-0.05, 0) is 44.2 Å². The van der Waals surface area contributed by atoms with Crippen LogP contribution in [0.5, 0.6) is 11.5 Å². The molecule has 5 rings (SSSR count). The van der Waals surface area contributed by atoms with Crippen molar-refractivity contribution >= 4 is 44.5 Å². The highest BCUT2D eigenvalue weighted by atomic mass is 16.3. The summed E-state index contributed by atoms with van der Waals surface area (Å²) in [5.41, 5.74) is -1.21. The van der Waals surface area contributed by atoms with E-state index in [1.54, 1.807) is 0 Å². The van der Waals surface area contributed by atoms with Crippen molar-refractivity contribution < 1.29 is 28.6 Å². The molecule has 0 amide bonds. The maximum atomic E-state index is 13.4. The molecule has 0 bridgehead atoms. The number of rotatable bonds is 3. The summed E-state index contributed by atoms with van der Waals surface area (Å²) in [6, 6.07) is 9.23. The van der Waals surface area contributed by atoms with Gasteiger partial charge in [0.25, 0.3) is 0 Å². The fraction of sp³-hybridized carbons (Fsp3) is 0.0769. The Bertz CT molecular complexity index is 1820. The van der Waals surface area contributed by atoms with Crippen LogP contribution in [0, 0.1) is 0 Å². The van der Waals surface area contributed by atoms with Crippen LogP contribution in [-0.4, -0.2) is 21.8 Å². The van der Waals surface area contributed by atoms with Gasteiger partial charge in [-0.25, -0.2) is 0 Å². The van der Waals surface area contributed by atoms with Crippen LogP contribution in [0.25, 0.3) is 44.0 Å². The Kier molecular flexibility index (Phi) is 4.61. The first kappa shape index (κ1) is 21.1. The zero-order valence-corrected chi connectivity index (χ0v) is 18.0. The van der Waals surface area contributed by atoms with Crippen LogP contribution < -0.4 is 10.9 Å². The van der Waals surface area contributed by atoms with E-state index in [9.17, 15) is 29.4 Å². The van der Waals surface area contributed by atoms with Crippen LogP contribution in [0.1, 0.15) is 34.6 Å². The number of hydrogen-bond donors (Lipinski definition) is 2. The molecule has 0 spiro atoms. The standard InChI is InChI=1S/C26H16O8/c1-11(27)17-9-18-24(31)16-6-4-14(30)8-21(16)34-26(18)22(12(2)28)23(17)19-10-33-20-7-13(29)3-5-15(20)25(19)32/h3-10,29-30H,1-2H3. The molecule has 3 aromatic carbocycles. The van der Waals surface area contributed by atoms with E-state index in [0.717, 1.165) is 6.26 Å². The average Bonchev–Trinajstić information content (AvgIpc) is 2.78. The van der Waals surface area contributed by atoms with Gasteiger partial charge in [-0.1, -0.05) is 0 Å².